The van der Waals surface area contributed by atoms with Gasteiger partial charge < -0.3 is 14.4 Å². The van der Waals surface area contributed by atoms with Crippen LogP contribution in [0.25, 0.3) is 5.57 Å². The number of hydrogen-bond acceptors (Lipinski definition) is 5. The van der Waals surface area contributed by atoms with E-state index in [-0.39, 0.29) is 31.3 Å². The zero-order valence-corrected chi connectivity index (χ0v) is 10.8. The van der Waals surface area contributed by atoms with Crippen molar-refractivity contribution in [2.75, 3.05) is 19.8 Å². The monoisotopic (exact) mass is 277 g/mol. The van der Waals surface area contributed by atoms with Crippen molar-refractivity contribution in [1.29, 1.82) is 0 Å². The molecule has 2 atom stereocenters. The molecule has 7 heteroatoms. The van der Waals surface area contributed by atoms with E-state index >= 15 is 0 Å². The zero-order chi connectivity index (χ0) is 14.1. The number of oxazole rings is 1. The molecule has 1 aromatic heterocycles. The molecular weight excluding hydrogens is 262 g/mol. The number of aliphatic hydroxyl groups is 1. The standard InChI is InChI=1S/C13H15N3O4/c1-2-3-20-16-11-6-15(13(16)18)9(7-17)4-10(11)12-5-14-8-19-12/h2,4-5,8-9,11,17H,1,3,6-7H2/t9-,11-/m0/s1. The molecule has 0 radical (unpaired) electrons. The minimum absolute atomic E-state index is 0.147. The topological polar surface area (TPSA) is 79.0 Å². The van der Waals surface area contributed by atoms with Crippen LogP contribution < -0.4 is 0 Å². The molecule has 3 rings (SSSR count). The summed E-state index contributed by atoms with van der Waals surface area (Å²) in [5.41, 5.74) is 0.799. The number of fused-ring (bicyclic) bond motifs is 2. The summed E-state index contributed by atoms with van der Waals surface area (Å²) in [5, 5.41) is 10.8. The number of aromatic nitrogens is 1. The quantitative estimate of drug-likeness (QED) is 0.800. The van der Waals surface area contributed by atoms with Crippen LogP contribution in [0.4, 0.5) is 4.79 Å². The highest BCUT2D eigenvalue weighted by molar-refractivity contribution is 5.84. The second-order valence-electron chi connectivity index (χ2n) is 4.60. The van der Waals surface area contributed by atoms with Crippen molar-refractivity contribution in [1.82, 2.24) is 14.9 Å². The fourth-order valence-corrected chi connectivity index (χ4v) is 2.54. The summed E-state index contributed by atoms with van der Waals surface area (Å²) in [7, 11) is 0. The summed E-state index contributed by atoms with van der Waals surface area (Å²) < 4.78 is 5.31. The summed E-state index contributed by atoms with van der Waals surface area (Å²) >= 11 is 0. The zero-order valence-electron chi connectivity index (χ0n) is 10.8. The van der Waals surface area contributed by atoms with Crippen LogP contribution in [0.5, 0.6) is 0 Å². The number of nitrogens with zero attached hydrogens (tertiary/aromatic N) is 3. The average Bonchev–Trinajstić information content (AvgIpc) is 3.08. The first-order chi connectivity index (χ1) is 9.76. The smallest absolute Gasteiger partial charge is 0.345 e. The number of hydroxylamine groups is 2. The van der Waals surface area contributed by atoms with Crippen LogP contribution in [-0.2, 0) is 4.84 Å². The van der Waals surface area contributed by atoms with Gasteiger partial charge in [-0.05, 0) is 0 Å². The normalized spacial score (nSPS) is 25.1. The number of urea groups is 1. The molecule has 1 saturated heterocycles. The molecule has 0 aliphatic carbocycles. The lowest BCUT2D eigenvalue weighted by Gasteiger charge is -2.27. The molecule has 1 N–H and O–H groups in total. The van der Waals surface area contributed by atoms with E-state index in [0.717, 1.165) is 5.57 Å². The molecule has 0 spiro atoms. The van der Waals surface area contributed by atoms with Gasteiger partial charge in [0.25, 0.3) is 0 Å². The van der Waals surface area contributed by atoms with Gasteiger partial charge in [0.15, 0.2) is 12.2 Å². The maximum absolute atomic E-state index is 12.3. The Kier molecular flexibility index (Phi) is 3.29. The summed E-state index contributed by atoms with van der Waals surface area (Å²) in [6.45, 7) is 4.12. The molecule has 2 amide bonds. The van der Waals surface area contributed by atoms with Crippen molar-refractivity contribution in [3.8, 4) is 0 Å². The van der Waals surface area contributed by atoms with E-state index < -0.39 is 0 Å². The van der Waals surface area contributed by atoms with Crippen LogP contribution >= 0.6 is 0 Å². The van der Waals surface area contributed by atoms with E-state index in [9.17, 15) is 9.90 Å². The molecule has 2 aliphatic heterocycles. The van der Waals surface area contributed by atoms with E-state index in [4.69, 9.17) is 9.25 Å². The van der Waals surface area contributed by atoms with Gasteiger partial charge in [-0.25, -0.2) is 9.78 Å². The van der Waals surface area contributed by atoms with Crippen molar-refractivity contribution < 1.29 is 19.2 Å². The first kappa shape index (κ1) is 12.9. The third-order valence-electron chi connectivity index (χ3n) is 3.45. The Labute approximate surface area is 115 Å². The number of rotatable bonds is 5. The minimum atomic E-state index is -0.379. The Morgan fingerprint density at radius 2 is 2.50 bits per heavy atom. The lowest BCUT2D eigenvalue weighted by Crippen LogP contribution is -2.40. The van der Waals surface area contributed by atoms with Crippen molar-refractivity contribution in [2.45, 2.75) is 12.1 Å². The van der Waals surface area contributed by atoms with Crippen LogP contribution in [0, 0.1) is 0 Å². The number of amides is 2. The van der Waals surface area contributed by atoms with Gasteiger partial charge >= 0.3 is 6.03 Å². The van der Waals surface area contributed by atoms with Crippen LogP contribution in [0.3, 0.4) is 0 Å². The number of carbonyl (C=O) groups excluding carboxylic acids is 1. The van der Waals surface area contributed by atoms with Crippen molar-refractivity contribution in [3.05, 3.63) is 37.1 Å². The van der Waals surface area contributed by atoms with Crippen molar-refractivity contribution in [3.63, 3.8) is 0 Å². The van der Waals surface area contributed by atoms with Gasteiger partial charge in [0, 0.05) is 5.57 Å². The molecule has 20 heavy (non-hydrogen) atoms. The number of hydrogen-bond donors (Lipinski definition) is 1. The highest BCUT2D eigenvalue weighted by atomic mass is 16.7. The van der Waals surface area contributed by atoms with Crippen LogP contribution in [0.2, 0.25) is 0 Å². The fourth-order valence-electron chi connectivity index (χ4n) is 2.54. The molecule has 1 fully saturated rings. The Morgan fingerprint density at radius 3 is 3.15 bits per heavy atom. The average molecular weight is 277 g/mol. The second-order valence-corrected chi connectivity index (χ2v) is 4.60. The third-order valence-corrected chi connectivity index (χ3v) is 3.45. The first-order valence-electron chi connectivity index (χ1n) is 6.31. The minimum Gasteiger partial charge on any atom is -0.444 e. The van der Waals surface area contributed by atoms with Crippen molar-refractivity contribution in [2.24, 2.45) is 0 Å². The SMILES string of the molecule is C=CCON1C(=O)N2C[C@H]1C(c1cnco1)=C[C@H]2CO. The first-order valence-corrected chi connectivity index (χ1v) is 6.31. The van der Waals surface area contributed by atoms with Gasteiger partial charge in [-0.15, -0.1) is 6.58 Å². The largest absolute Gasteiger partial charge is 0.444 e. The van der Waals surface area contributed by atoms with Gasteiger partial charge in [0.05, 0.1) is 32.0 Å². The Morgan fingerprint density at radius 1 is 1.65 bits per heavy atom. The third kappa shape index (κ3) is 1.91. The predicted octanol–water partition coefficient (Wildman–Crippen LogP) is 0.656. The summed E-state index contributed by atoms with van der Waals surface area (Å²) in [5.74, 6) is 0.579. The highest BCUT2D eigenvalue weighted by Gasteiger charge is 2.47. The summed E-state index contributed by atoms with van der Waals surface area (Å²) in [4.78, 5) is 23.2. The van der Waals surface area contributed by atoms with E-state index in [1.807, 2.05) is 6.08 Å². The van der Waals surface area contributed by atoms with Crippen LogP contribution in [0.15, 0.2) is 35.7 Å². The van der Waals surface area contributed by atoms with Gasteiger partial charge in [-0.3, -0.25) is 4.84 Å². The maximum Gasteiger partial charge on any atom is 0.345 e. The van der Waals surface area contributed by atoms with E-state index in [2.05, 4.69) is 11.6 Å². The lowest BCUT2D eigenvalue weighted by atomic mass is 9.98. The Bertz CT molecular complexity index is 540. The molecule has 2 bridgehead atoms. The van der Waals surface area contributed by atoms with Crippen LogP contribution in [-0.4, -0.2) is 57.9 Å². The lowest BCUT2D eigenvalue weighted by molar-refractivity contribution is -0.106. The van der Waals surface area contributed by atoms with Gasteiger partial charge in [0.1, 0.15) is 6.04 Å². The van der Waals surface area contributed by atoms with E-state index in [1.54, 1.807) is 17.2 Å². The van der Waals surface area contributed by atoms with Gasteiger partial charge in [-0.1, -0.05) is 12.2 Å². The maximum atomic E-state index is 12.3. The number of aliphatic hydroxyl groups excluding tert-OH is 1. The Balaban J connectivity index is 1.95. The molecule has 0 unspecified atom stereocenters. The van der Waals surface area contributed by atoms with Gasteiger partial charge in [0.2, 0.25) is 0 Å². The van der Waals surface area contributed by atoms with Crippen LogP contribution in [0.1, 0.15) is 5.76 Å². The predicted molar refractivity (Wildman–Crippen MR) is 69.2 cm³/mol. The molecule has 1 aromatic rings. The molecule has 2 aliphatic rings. The fraction of sp³-hybridized carbons (Fsp3) is 0.385. The summed E-state index contributed by atoms with van der Waals surface area (Å²) in [6.07, 6.45) is 6.32. The molecule has 0 aromatic carbocycles. The van der Waals surface area contributed by atoms with E-state index in [0.29, 0.717) is 12.3 Å². The van der Waals surface area contributed by atoms with Gasteiger partial charge in [-0.2, -0.15) is 5.06 Å². The summed E-state index contributed by atoms with van der Waals surface area (Å²) in [6, 6.07) is -0.906. The Hall–Kier alpha value is -2.12. The molecule has 3 heterocycles. The number of carbonyl (C=O) groups is 1. The molecular formula is C13H15N3O4. The van der Waals surface area contributed by atoms with Crippen molar-refractivity contribution >= 4 is 11.6 Å². The molecule has 106 valence electrons. The highest BCUT2D eigenvalue weighted by Crippen LogP contribution is 2.35. The van der Waals surface area contributed by atoms with E-state index in [1.165, 1.54) is 11.5 Å². The molecule has 0 saturated carbocycles. The second kappa shape index (κ2) is 5.10. The molecule has 7 nitrogen and oxygen atoms in total.